The number of hydrogen-bond acceptors (Lipinski definition) is 26. The zero-order valence-electron chi connectivity index (χ0n) is 79.6. The van der Waals surface area contributed by atoms with E-state index in [9.17, 15) is 95.6 Å². The number of Topliss-reactive ketones (excluding diaryl/α,β-unsaturated/α-hetero) is 1. The molecule has 8 heterocycles. The fourth-order valence-corrected chi connectivity index (χ4v) is 16.9. The molecule has 137 heavy (non-hydrogen) atoms. The number of pyridine rings is 2. The molecule has 754 valence electrons. The Bertz CT molecular complexity index is 4770. The van der Waals surface area contributed by atoms with Crippen molar-refractivity contribution in [1.82, 2.24) is 86.5 Å². The van der Waals surface area contributed by atoms with Crippen molar-refractivity contribution in [1.29, 1.82) is 0 Å². The fourth-order valence-electron chi connectivity index (χ4n) is 16.4. The number of carbonyl (C=O) groups excluding carboxylic acids is 12. The first kappa shape index (κ1) is 113. The van der Waals surface area contributed by atoms with Crippen LogP contribution < -0.4 is 42.2 Å². The Morgan fingerprint density at radius 2 is 0.774 bits per heavy atom. The number of H-pyrrole nitrogens is 1. The van der Waals surface area contributed by atoms with Gasteiger partial charge in [-0.15, -0.1) is 0 Å². The summed E-state index contributed by atoms with van der Waals surface area (Å²) < 4.78 is 50.4. The number of rotatable bonds is 24. The van der Waals surface area contributed by atoms with Gasteiger partial charge in [-0.2, -0.15) is 13.2 Å². The molecule has 6 aliphatic rings. The van der Waals surface area contributed by atoms with Crippen LogP contribution in [0.1, 0.15) is 251 Å². The number of nitrogens with zero attached hydrogens (tertiary/aromatic N) is 10. The van der Waals surface area contributed by atoms with Crippen molar-refractivity contribution in [2.24, 2.45) is 34.0 Å². The van der Waals surface area contributed by atoms with Gasteiger partial charge in [-0.1, -0.05) is 167 Å². The maximum atomic E-state index is 14.0. The lowest BCUT2D eigenvalue weighted by Crippen LogP contribution is -2.61. The SMILES string of the molecule is CC(C)(C)OC(=O)[C@@H]1C[C@@H](O)CN1C(=O)[C@@H](NC(=O)[C@@H](NC(=O)c1cnccn1)C1CCCCC1)C(C)(C)C.CC(C)(C)OC(=O)[C@@H]1C[C@H](O)CN1C(=O)[C@@H](NC(=O)[C@@H](NC(=O)c1cnccn1)C1CCCCC1)C(C)(C)C.CC(C)(C)[C@H](NC(=O)[C@@H](NC(=O)c1cnccn1)C1CCCCC1)C(=O)N1C[C@H](Oc2ccc(Cl)cn2)C[C@H]1C(=O)O.O=C(C(Cl)Cl)C(F)(F)F.O=c1ccc(Cl)c[nH]1. The molecule has 3 aliphatic carbocycles. The van der Waals surface area contributed by atoms with Gasteiger partial charge in [0, 0.05) is 94.1 Å². The van der Waals surface area contributed by atoms with E-state index in [1.165, 1.54) is 88.9 Å². The highest BCUT2D eigenvalue weighted by Gasteiger charge is 2.52. The molecule has 0 radical (unpaired) electrons. The van der Waals surface area contributed by atoms with Gasteiger partial charge in [0.1, 0.15) is 88.8 Å². The highest BCUT2D eigenvalue weighted by atomic mass is 35.5. The highest BCUT2D eigenvalue weighted by Crippen LogP contribution is 2.36. The van der Waals surface area contributed by atoms with Gasteiger partial charge < -0.3 is 81.1 Å². The van der Waals surface area contributed by atoms with E-state index >= 15 is 0 Å². The number of ether oxygens (including phenoxy) is 3. The largest absolute Gasteiger partial charge is 0.480 e. The highest BCUT2D eigenvalue weighted by molar-refractivity contribution is 6.54. The Morgan fingerprint density at radius 3 is 1.03 bits per heavy atom. The van der Waals surface area contributed by atoms with Gasteiger partial charge in [0.05, 0.1) is 47.4 Å². The first-order valence-electron chi connectivity index (χ1n) is 45.5. The lowest BCUT2D eigenvalue weighted by molar-refractivity contribution is -0.169. The summed E-state index contributed by atoms with van der Waals surface area (Å²) in [4.78, 5) is 212. The number of amides is 9. The first-order chi connectivity index (χ1) is 63.9. The maximum Gasteiger partial charge on any atom is 0.452 e. The Kier molecular flexibility index (Phi) is 42.0. The predicted octanol–water partition coefficient (Wildman–Crippen LogP) is 9.80. The number of aromatic nitrogens is 8. The van der Waals surface area contributed by atoms with E-state index < -0.39 is 188 Å². The minimum atomic E-state index is -4.92. The third-order valence-corrected chi connectivity index (χ3v) is 24.0. The van der Waals surface area contributed by atoms with Crippen LogP contribution in [0.2, 0.25) is 10.0 Å². The van der Waals surface area contributed by atoms with Crippen LogP contribution in [0.3, 0.4) is 0 Å². The van der Waals surface area contributed by atoms with Crippen LogP contribution in [-0.4, -0.2) is 261 Å². The Morgan fingerprint density at radius 1 is 0.438 bits per heavy atom. The second kappa shape index (κ2) is 50.8. The molecule has 5 aromatic rings. The molecule has 0 spiro atoms. The lowest BCUT2D eigenvalue weighted by Gasteiger charge is -2.37. The molecule has 3 saturated carbocycles. The van der Waals surface area contributed by atoms with E-state index in [-0.39, 0.29) is 85.2 Å². The third kappa shape index (κ3) is 35.6. The third-order valence-electron chi connectivity index (χ3n) is 23.2. The molecule has 37 nitrogen and oxygen atoms in total. The fraction of sp³-hybridized carbons (Fsp3) is 0.624. The maximum absolute atomic E-state index is 14.0. The van der Waals surface area contributed by atoms with Crippen molar-refractivity contribution >= 4 is 123 Å². The summed E-state index contributed by atoms with van der Waals surface area (Å²) in [6, 6.07) is -2.72. The summed E-state index contributed by atoms with van der Waals surface area (Å²) in [5, 5.41) is 48.8. The van der Waals surface area contributed by atoms with Crippen LogP contribution in [0, 0.1) is 34.0 Å². The van der Waals surface area contributed by atoms with Crippen molar-refractivity contribution < 1.29 is 105 Å². The van der Waals surface area contributed by atoms with Crippen molar-refractivity contribution in [2.75, 3.05) is 19.6 Å². The number of carbonyl (C=O) groups is 13. The number of alkyl halides is 5. The molecule has 5 aromatic heterocycles. The first-order valence-corrected chi connectivity index (χ1v) is 47.1. The monoisotopic (exact) mass is 2000 g/mol. The number of aliphatic hydroxyl groups is 2. The smallest absolute Gasteiger partial charge is 0.452 e. The van der Waals surface area contributed by atoms with E-state index in [0.29, 0.717) is 10.0 Å². The van der Waals surface area contributed by atoms with E-state index in [1.807, 2.05) is 41.5 Å². The van der Waals surface area contributed by atoms with Crippen LogP contribution in [0.5, 0.6) is 5.88 Å². The second-order valence-corrected chi connectivity index (χ2v) is 41.7. The molecule has 11 rings (SSSR count). The van der Waals surface area contributed by atoms with Gasteiger partial charge in [0.25, 0.3) is 23.5 Å². The van der Waals surface area contributed by atoms with E-state index in [1.54, 1.807) is 80.5 Å². The predicted molar refractivity (Wildman–Crippen MR) is 498 cm³/mol. The number of halogens is 7. The molecule has 3 saturated heterocycles. The average Bonchev–Trinajstić information content (AvgIpc) is 1.67. The number of β-amino-alcohol motifs (C(OH)–C–C–N with tert-alkyl or cyclic N) is 2. The topological polar surface area (TPSA) is 515 Å². The summed E-state index contributed by atoms with van der Waals surface area (Å²) in [6.45, 7) is 26.6. The van der Waals surface area contributed by atoms with Gasteiger partial charge in [-0.3, -0.25) is 67.7 Å². The number of likely N-dealkylation sites (tertiary alicyclic amines) is 3. The number of nitrogens with one attached hydrogen (secondary N) is 7. The molecular formula is C93H128Cl4F3N17O20. The number of esters is 2. The van der Waals surface area contributed by atoms with Gasteiger partial charge in [0.2, 0.25) is 46.9 Å². The summed E-state index contributed by atoms with van der Waals surface area (Å²) in [5.74, 6) is -9.07. The molecule has 9 amide bonds. The Hall–Kier alpha value is -10.7. The molecule has 3 aliphatic heterocycles. The Labute approximate surface area is 814 Å². The zero-order valence-corrected chi connectivity index (χ0v) is 82.7. The van der Waals surface area contributed by atoms with Crippen molar-refractivity contribution in [3.8, 4) is 5.88 Å². The second-order valence-electron chi connectivity index (χ2n) is 39.8. The van der Waals surface area contributed by atoms with Crippen LogP contribution in [0.15, 0.2) is 97.2 Å². The zero-order chi connectivity index (χ0) is 102. The summed E-state index contributed by atoms with van der Waals surface area (Å²) in [5.41, 5.74) is -3.61. The molecular weight excluding hydrogens is 1870 g/mol. The van der Waals surface area contributed by atoms with Gasteiger partial charge in [0.15, 0.2) is 4.84 Å². The van der Waals surface area contributed by atoms with E-state index in [0.717, 1.165) is 96.3 Å². The van der Waals surface area contributed by atoms with E-state index in [4.69, 9.17) is 37.4 Å². The number of carboxylic acids is 1. The minimum Gasteiger partial charge on any atom is -0.480 e. The number of aliphatic carboxylic acids is 1. The van der Waals surface area contributed by atoms with Crippen LogP contribution in [0.25, 0.3) is 0 Å². The van der Waals surface area contributed by atoms with Crippen molar-refractivity contribution in [3.05, 3.63) is 130 Å². The molecule has 12 atom stereocenters. The van der Waals surface area contributed by atoms with Crippen LogP contribution >= 0.6 is 46.4 Å². The van der Waals surface area contributed by atoms with Crippen molar-refractivity contribution in [3.63, 3.8) is 0 Å². The Balaban J connectivity index is 0.000000256. The number of ketones is 1. The number of carboxylic acid groups (broad SMARTS) is 1. The molecule has 0 unspecified atom stereocenters. The molecule has 0 aromatic carbocycles. The molecule has 10 N–H and O–H groups in total. The van der Waals surface area contributed by atoms with Gasteiger partial charge in [-0.25, -0.2) is 34.3 Å². The average molecular weight is 2000 g/mol. The normalized spacial score (nSPS) is 20.3. The number of aliphatic hydroxyl groups excluding tert-OH is 2. The van der Waals surface area contributed by atoms with E-state index in [2.05, 4.69) is 95.0 Å². The van der Waals surface area contributed by atoms with Crippen LogP contribution in [-0.2, 0) is 57.4 Å². The minimum absolute atomic E-state index is 0.00196. The van der Waals surface area contributed by atoms with Crippen LogP contribution in [0.4, 0.5) is 13.2 Å². The molecule has 44 heteroatoms. The number of hydrogen-bond donors (Lipinski definition) is 10. The standard InChI is InChI=1S/C29H37ClN6O6.2C28H43N5O6.C5H4ClNO.C3HCl2F3O/c1-29(2,3)24(27(39)36-16-19(13-21(36)28(40)41)42-22-10-9-18(30)14-33-22)35-26(38)23(17-7-5-4-6-8-17)34-25(37)20-15-31-11-12-32-20;2*1-27(2,3)22(25(37)33-16-18(34)14-20(33)26(38)39-28(4,5)6)32-24(36)21(17-10-8-7-9-11-17)31-23(35)19-15-29-12-13-30-19;6-4-1-2-5(8)7-3-4;4-2(5)1(9)3(6,7)8/h9-12,14-15,17,19,21,23-24H,4-8,13,16H2,1-3H3,(H,34,37)(H,35,38)(H,40,41);2*12-13,15,17-18,20-22,34H,7-11,14,16H2,1-6H3,(H,31,35)(H,32,36);1-3H,(H,7,8);2H/t19-,21+,23+,24-;18-,20+,21+,22-;18-,20-,21-,22+;;/m110../s1. The summed E-state index contributed by atoms with van der Waals surface area (Å²) in [7, 11) is 0. The molecule has 0 bridgehead atoms. The summed E-state index contributed by atoms with van der Waals surface area (Å²) in [6.07, 6.45) is 21.7. The molecule has 6 fully saturated rings. The lowest BCUT2D eigenvalue weighted by atomic mass is 9.82. The number of aromatic amines is 1. The van der Waals surface area contributed by atoms with Crippen molar-refractivity contribution in [2.45, 2.75) is 314 Å². The quantitative estimate of drug-likeness (QED) is 0.0203. The summed E-state index contributed by atoms with van der Waals surface area (Å²) >= 11 is 20.6. The van der Waals surface area contributed by atoms with Gasteiger partial charge in [-0.05, 0) is 126 Å². The van der Waals surface area contributed by atoms with Gasteiger partial charge >= 0.3 is 24.1 Å².